The zero-order valence-electron chi connectivity index (χ0n) is 19.5. The van der Waals surface area contributed by atoms with Crippen LogP contribution >= 0.6 is 15.9 Å². The molecule has 0 bridgehead atoms. The Kier molecular flexibility index (Phi) is 8.22. The van der Waals surface area contributed by atoms with Crippen LogP contribution < -0.4 is 10.1 Å². The molecule has 1 fully saturated rings. The number of carbonyl (C=O) groups is 2. The van der Waals surface area contributed by atoms with E-state index in [1.807, 2.05) is 66.7 Å². The molecule has 34 heavy (non-hydrogen) atoms. The predicted molar refractivity (Wildman–Crippen MR) is 139 cm³/mol. The van der Waals surface area contributed by atoms with Crippen LogP contribution in [0, 0.1) is 0 Å². The van der Waals surface area contributed by atoms with Crippen molar-refractivity contribution in [3.8, 4) is 5.75 Å². The number of halogens is 1. The third-order valence-corrected chi connectivity index (χ3v) is 6.95. The highest BCUT2D eigenvalue weighted by Gasteiger charge is 2.28. The van der Waals surface area contributed by atoms with Gasteiger partial charge in [0.25, 0.3) is 5.91 Å². The van der Waals surface area contributed by atoms with Crippen molar-refractivity contribution < 1.29 is 14.3 Å². The minimum Gasteiger partial charge on any atom is -0.483 e. The SMILES string of the molecule is CC(C(=O)NC1CCCCC1)N(Cc1cccc(Br)c1)C(=O)COc1cccc2ccccc12. The third-order valence-electron chi connectivity index (χ3n) is 6.46. The van der Waals surface area contributed by atoms with Gasteiger partial charge in [0.05, 0.1) is 0 Å². The fourth-order valence-corrected chi connectivity index (χ4v) is 4.97. The summed E-state index contributed by atoms with van der Waals surface area (Å²) in [5, 5.41) is 5.18. The first kappa shape index (κ1) is 24.3. The maximum atomic E-state index is 13.4. The lowest BCUT2D eigenvalue weighted by Crippen LogP contribution is -2.51. The third kappa shape index (κ3) is 6.17. The van der Waals surface area contributed by atoms with Crippen LogP contribution in [-0.4, -0.2) is 35.4 Å². The maximum Gasteiger partial charge on any atom is 0.261 e. The molecule has 1 aliphatic carbocycles. The van der Waals surface area contributed by atoms with Crippen molar-refractivity contribution in [1.29, 1.82) is 0 Å². The zero-order valence-corrected chi connectivity index (χ0v) is 21.1. The Hall–Kier alpha value is -2.86. The zero-order chi connectivity index (χ0) is 23.9. The molecule has 6 heteroatoms. The lowest BCUT2D eigenvalue weighted by Gasteiger charge is -2.31. The van der Waals surface area contributed by atoms with Gasteiger partial charge in [0.2, 0.25) is 5.91 Å². The van der Waals surface area contributed by atoms with Gasteiger partial charge in [-0.05, 0) is 48.9 Å². The fourth-order valence-electron chi connectivity index (χ4n) is 4.53. The van der Waals surface area contributed by atoms with Crippen molar-refractivity contribution in [1.82, 2.24) is 10.2 Å². The Morgan fingerprint density at radius 2 is 1.76 bits per heavy atom. The number of nitrogens with zero attached hydrogens (tertiary/aromatic N) is 1. The standard InChI is InChI=1S/C28H31BrN2O3/c1-20(28(33)30-24-13-3-2-4-14-24)31(18-21-9-7-12-23(29)17-21)27(32)19-34-26-16-8-11-22-10-5-6-15-25(22)26/h5-12,15-17,20,24H,2-4,13-14,18-19H2,1H3,(H,30,33). The first-order chi connectivity index (χ1) is 16.5. The molecule has 5 nitrogen and oxygen atoms in total. The van der Waals surface area contributed by atoms with Crippen molar-refractivity contribution in [2.24, 2.45) is 0 Å². The molecule has 1 saturated carbocycles. The summed E-state index contributed by atoms with van der Waals surface area (Å²) in [6, 6.07) is 21.1. The highest BCUT2D eigenvalue weighted by Crippen LogP contribution is 2.25. The van der Waals surface area contributed by atoms with Crippen LogP contribution in [0.4, 0.5) is 0 Å². The van der Waals surface area contributed by atoms with Crippen LogP contribution in [0.15, 0.2) is 71.2 Å². The summed E-state index contributed by atoms with van der Waals surface area (Å²) in [5.74, 6) is 0.327. The van der Waals surface area contributed by atoms with Crippen molar-refractivity contribution >= 4 is 38.5 Å². The van der Waals surface area contributed by atoms with Gasteiger partial charge in [-0.2, -0.15) is 0 Å². The molecule has 1 unspecified atom stereocenters. The molecular weight excluding hydrogens is 492 g/mol. The van der Waals surface area contributed by atoms with E-state index in [1.165, 1.54) is 6.42 Å². The van der Waals surface area contributed by atoms with Gasteiger partial charge < -0.3 is 15.0 Å². The Morgan fingerprint density at radius 3 is 2.56 bits per heavy atom. The van der Waals surface area contributed by atoms with Crippen molar-refractivity contribution in [3.05, 3.63) is 76.8 Å². The molecule has 1 atom stereocenters. The molecular formula is C28H31BrN2O3. The molecule has 0 aromatic heterocycles. The van der Waals surface area contributed by atoms with E-state index in [0.717, 1.165) is 46.5 Å². The van der Waals surface area contributed by atoms with E-state index in [1.54, 1.807) is 11.8 Å². The summed E-state index contributed by atoms with van der Waals surface area (Å²) >= 11 is 3.50. The number of rotatable bonds is 8. The van der Waals surface area contributed by atoms with Gasteiger partial charge in [-0.1, -0.05) is 83.7 Å². The number of hydrogen-bond donors (Lipinski definition) is 1. The van der Waals surface area contributed by atoms with Gasteiger partial charge in [-0.3, -0.25) is 9.59 Å². The van der Waals surface area contributed by atoms with Crippen molar-refractivity contribution in [2.75, 3.05) is 6.61 Å². The Balaban J connectivity index is 1.50. The molecule has 0 aliphatic heterocycles. The van der Waals surface area contributed by atoms with Gasteiger partial charge in [0.1, 0.15) is 11.8 Å². The lowest BCUT2D eigenvalue weighted by atomic mass is 9.95. The minimum atomic E-state index is -0.607. The molecule has 2 amide bonds. The van der Waals surface area contributed by atoms with E-state index < -0.39 is 6.04 Å². The van der Waals surface area contributed by atoms with E-state index in [-0.39, 0.29) is 24.5 Å². The Labute approximate surface area is 209 Å². The van der Waals surface area contributed by atoms with Gasteiger partial charge >= 0.3 is 0 Å². The predicted octanol–water partition coefficient (Wildman–Crippen LogP) is 5.85. The highest BCUT2D eigenvalue weighted by molar-refractivity contribution is 9.10. The van der Waals surface area contributed by atoms with Crippen LogP contribution in [0.5, 0.6) is 5.75 Å². The van der Waals surface area contributed by atoms with Gasteiger partial charge in [0, 0.05) is 22.4 Å². The largest absolute Gasteiger partial charge is 0.483 e. The average Bonchev–Trinajstić information content (AvgIpc) is 2.86. The topological polar surface area (TPSA) is 58.6 Å². The summed E-state index contributed by atoms with van der Waals surface area (Å²) in [6.07, 6.45) is 5.50. The van der Waals surface area contributed by atoms with E-state index in [4.69, 9.17) is 4.74 Å². The summed E-state index contributed by atoms with van der Waals surface area (Å²) in [4.78, 5) is 28.1. The second-order valence-electron chi connectivity index (χ2n) is 8.94. The molecule has 178 valence electrons. The van der Waals surface area contributed by atoms with Crippen LogP contribution in [0.25, 0.3) is 10.8 Å². The highest BCUT2D eigenvalue weighted by atomic mass is 79.9. The molecule has 0 spiro atoms. The van der Waals surface area contributed by atoms with E-state index >= 15 is 0 Å². The Morgan fingerprint density at radius 1 is 1.03 bits per heavy atom. The number of carbonyl (C=O) groups excluding carboxylic acids is 2. The normalized spacial score (nSPS) is 15.0. The van der Waals surface area contributed by atoms with Crippen LogP contribution in [0.3, 0.4) is 0 Å². The quantitative estimate of drug-likeness (QED) is 0.403. The van der Waals surface area contributed by atoms with Gasteiger partial charge in [-0.15, -0.1) is 0 Å². The number of hydrogen-bond acceptors (Lipinski definition) is 3. The monoisotopic (exact) mass is 522 g/mol. The summed E-state index contributed by atoms with van der Waals surface area (Å²) in [6.45, 7) is 1.99. The molecule has 4 rings (SSSR count). The van der Waals surface area contributed by atoms with Gasteiger partial charge in [-0.25, -0.2) is 0 Å². The van der Waals surface area contributed by atoms with Crippen molar-refractivity contribution in [3.63, 3.8) is 0 Å². The number of nitrogens with one attached hydrogen (secondary N) is 1. The van der Waals surface area contributed by atoms with Crippen LogP contribution in [0.1, 0.15) is 44.6 Å². The number of benzene rings is 3. The van der Waals surface area contributed by atoms with Crippen LogP contribution in [-0.2, 0) is 16.1 Å². The lowest BCUT2D eigenvalue weighted by molar-refractivity contribution is -0.142. The van der Waals surface area contributed by atoms with E-state index in [2.05, 4.69) is 21.2 Å². The summed E-state index contributed by atoms with van der Waals surface area (Å²) in [5.41, 5.74) is 0.949. The molecule has 3 aromatic rings. The molecule has 0 heterocycles. The maximum absolute atomic E-state index is 13.4. The number of amides is 2. The fraction of sp³-hybridized carbons (Fsp3) is 0.357. The van der Waals surface area contributed by atoms with Crippen LogP contribution in [0.2, 0.25) is 0 Å². The molecule has 1 N–H and O–H groups in total. The first-order valence-corrected chi connectivity index (χ1v) is 12.8. The first-order valence-electron chi connectivity index (χ1n) is 12.0. The molecule has 0 saturated heterocycles. The second kappa shape index (κ2) is 11.5. The minimum absolute atomic E-state index is 0.111. The number of fused-ring (bicyclic) bond motifs is 1. The molecule has 3 aromatic carbocycles. The summed E-state index contributed by atoms with van der Waals surface area (Å²) < 4.78 is 6.91. The number of ether oxygens (including phenoxy) is 1. The van der Waals surface area contributed by atoms with E-state index in [9.17, 15) is 9.59 Å². The second-order valence-corrected chi connectivity index (χ2v) is 9.85. The van der Waals surface area contributed by atoms with Gasteiger partial charge in [0.15, 0.2) is 6.61 Å². The Bertz CT molecular complexity index is 1140. The molecule has 0 radical (unpaired) electrons. The average molecular weight is 523 g/mol. The summed E-state index contributed by atoms with van der Waals surface area (Å²) in [7, 11) is 0. The molecule has 1 aliphatic rings. The van der Waals surface area contributed by atoms with E-state index in [0.29, 0.717) is 12.3 Å². The van der Waals surface area contributed by atoms with Crippen molar-refractivity contribution in [2.45, 2.75) is 57.7 Å². The smallest absolute Gasteiger partial charge is 0.261 e.